The van der Waals surface area contributed by atoms with Crippen LogP contribution in [0.1, 0.15) is 51.7 Å². The molecule has 3 aromatic rings. The second-order valence-electron chi connectivity index (χ2n) is 14.4. The molecule has 1 unspecified atom stereocenters. The number of carbonyl (C=O) groups excluding carboxylic acids is 1. The first-order valence-corrected chi connectivity index (χ1v) is 16.1. The lowest BCUT2D eigenvalue weighted by molar-refractivity contribution is -0.0893. The minimum atomic E-state index is -0.370. The van der Waals surface area contributed by atoms with Crippen molar-refractivity contribution in [1.29, 1.82) is 0 Å². The largest absolute Gasteiger partial charge is 0.447 e. The van der Waals surface area contributed by atoms with E-state index in [1.165, 1.54) is 17.7 Å². The molecule has 0 aliphatic carbocycles. The molecule has 1 aromatic carbocycles. The highest BCUT2D eigenvalue weighted by atomic mass is 16.6. The van der Waals surface area contributed by atoms with Gasteiger partial charge in [0.25, 0.3) is 0 Å². The van der Waals surface area contributed by atoms with Crippen molar-refractivity contribution in [1.82, 2.24) is 19.9 Å². The average Bonchev–Trinajstić information content (AvgIpc) is 3.73. The van der Waals surface area contributed by atoms with Crippen LogP contribution in [0.4, 0.5) is 39.6 Å². The standard InChI is InChI=1S/C34H42N8O3/c1-20-12-22(10-11-26(20)40-17-23-13-24(40)16-39(23)6)36-31-35-15-25-30(38-31)42(27-14-33(3,4)45-19-34(25,27)5)29-9-7-8-28(37-29)41-21(2)18-44-32(41)43/h7-12,15,21,23-24,27H,13-14,16-19H2,1-6H3,(H,35,36,38)/t21-,23-,24-,27-,34?/m0/s1. The van der Waals surface area contributed by atoms with Crippen LogP contribution in [-0.4, -0.2) is 89.1 Å². The molecule has 11 heteroatoms. The number of benzene rings is 1. The summed E-state index contributed by atoms with van der Waals surface area (Å²) in [5.74, 6) is 2.66. The number of aryl methyl sites for hydroxylation is 1. The molecule has 1 N–H and O–H groups in total. The van der Waals surface area contributed by atoms with Crippen molar-refractivity contribution in [3.8, 4) is 0 Å². The summed E-state index contributed by atoms with van der Waals surface area (Å²) in [5.41, 5.74) is 3.90. The maximum atomic E-state index is 12.6. The minimum Gasteiger partial charge on any atom is -0.447 e. The molecule has 8 rings (SSSR count). The molecule has 5 aliphatic rings. The number of piperazine rings is 1. The predicted molar refractivity (Wildman–Crippen MR) is 174 cm³/mol. The van der Waals surface area contributed by atoms with Gasteiger partial charge in [0.1, 0.15) is 24.1 Å². The Labute approximate surface area is 264 Å². The van der Waals surface area contributed by atoms with Crippen molar-refractivity contribution in [3.63, 3.8) is 0 Å². The van der Waals surface area contributed by atoms with Gasteiger partial charge in [0.15, 0.2) is 0 Å². The van der Waals surface area contributed by atoms with Crippen LogP contribution in [0, 0.1) is 6.92 Å². The number of carbonyl (C=O) groups is 1. The summed E-state index contributed by atoms with van der Waals surface area (Å²) in [6.07, 6.45) is 3.61. The number of ether oxygens (including phenoxy) is 2. The molecule has 4 fully saturated rings. The van der Waals surface area contributed by atoms with Crippen LogP contribution in [-0.2, 0) is 14.9 Å². The lowest BCUT2D eigenvalue weighted by Gasteiger charge is -2.46. The highest BCUT2D eigenvalue weighted by Gasteiger charge is 2.55. The Bertz CT molecular complexity index is 1680. The first-order chi connectivity index (χ1) is 21.5. The lowest BCUT2D eigenvalue weighted by atomic mass is 9.73. The van der Waals surface area contributed by atoms with Crippen LogP contribution < -0.4 is 20.0 Å². The molecule has 5 aliphatic heterocycles. The summed E-state index contributed by atoms with van der Waals surface area (Å²) in [6, 6.07) is 13.6. The van der Waals surface area contributed by atoms with Gasteiger partial charge in [0, 0.05) is 53.7 Å². The summed E-state index contributed by atoms with van der Waals surface area (Å²) >= 11 is 0. The van der Waals surface area contributed by atoms with E-state index in [4.69, 9.17) is 24.4 Å². The number of fused-ring (bicyclic) bond motifs is 5. The van der Waals surface area contributed by atoms with Gasteiger partial charge in [-0.2, -0.15) is 4.98 Å². The summed E-state index contributed by atoms with van der Waals surface area (Å²) in [6.45, 7) is 13.8. The van der Waals surface area contributed by atoms with Crippen LogP contribution >= 0.6 is 0 Å². The zero-order valence-electron chi connectivity index (χ0n) is 26.9. The van der Waals surface area contributed by atoms with Crippen LogP contribution in [0.15, 0.2) is 42.6 Å². The van der Waals surface area contributed by atoms with Gasteiger partial charge >= 0.3 is 6.09 Å². The molecular formula is C34H42N8O3. The fourth-order valence-corrected chi connectivity index (χ4v) is 8.12. The van der Waals surface area contributed by atoms with E-state index in [2.05, 4.69) is 73.0 Å². The second-order valence-corrected chi connectivity index (χ2v) is 14.4. The van der Waals surface area contributed by atoms with Crippen molar-refractivity contribution in [2.24, 2.45) is 0 Å². The molecule has 45 heavy (non-hydrogen) atoms. The molecule has 1 amide bonds. The third-order valence-corrected chi connectivity index (χ3v) is 10.7. The van der Waals surface area contributed by atoms with Crippen molar-refractivity contribution in [2.45, 2.75) is 82.6 Å². The Morgan fingerprint density at radius 1 is 1.02 bits per heavy atom. The van der Waals surface area contributed by atoms with E-state index >= 15 is 0 Å². The number of hydrogen-bond acceptors (Lipinski definition) is 10. The molecule has 11 nitrogen and oxygen atoms in total. The Morgan fingerprint density at radius 2 is 1.82 bits per heavy atom. The number of hydrogen-bond donors (Lipinski definition) is 1. The second kappa shape index (κ2) is 10.0. The number of nitrogens with zero attached hydrogens (tertiary/aromatic N) is 7. The monoisotopic (exact) mass is 610 g/mol. The number of aromatic nitrogens is 3. The van der Waals surface area contributed by atoms with E-state index in [9.17, 15) is 4.79 Å². The molecule has 4 saturated heterocycles. The van der Waals surface area contributed by atoms with Crippen LogP contribution in [0.3, 0.4) is 0 Å². The van der Waals surface area contributed by atoms with E-state index in [-0.39, 0.29) is 29.2 Å². The number of likely N-dealkylation sites (N-methyl/N-ethyl adjacent to an activating group) is 1. The summed E-state index contributed by atoms with van der Waals surface area (Å²) < 4.78 is 11.7. The quantitative estimate of drug-likeness (QED) is 0.418. The molecule has 0 radical (unpaired) electrons. The van der Waals surface area contributed by atoms with Crippen LogP contribution in [0.5, 0.6) is 0 Å². The first kappa shape index (κ1) is 28.5. The number of amides is 1. The van der Waals surface area contributed by atoms with E-state index in [1.54, 1.807) is 4.90 Å². The smallest absolute Gasteiger partial charge is 0.415 e. The fraction of sp³-hybridized carbons (Fsp3) is 0.529. The van der Waals surface area contributed by atoms with Gasteiger partial charge in [-0.3, -0.25) is 9.80 Å². The molecule has 0 saturated carbocycles. The maximum Gasteiger partial charge on any atom is 0.415 e. The SMILES string of the molecule is Cc1cc(Nc2ncc3c(n2)N(c2cccc(N4C(=O)OC[C@@H]4C)n2)[C@H]2CC(C)(C)OCC32C)ccc1N1C[C@@H]2C[C@H]1CN2C. The molecule has 236 valence electrons. The van der Waals surface area contributed by atoms with Crippen molar-refractivity contribution in [3.05, 3.63) is 53.7 Å². The Balaban J connectivity index is 1.13. The highest BCUT2D eigenvalue weighted by molar-refractivity contribution is 5.89. The topological polar surface area (TPSA) is 99.2 Å². The molecule has 0 spiro atoms. The molecule has 2 aromatic heterocycles. The summed E-state index contributed by atoms with van der Waals surface area (Å²) in [4.78, 5) is 36.4. The Kier molecular flexibility index (Phi) is 6.35. The van der Waals surface area contributed by atoms with Crippen molar-refractivity contribution in [2.75, 3.05) is 53.4 Å². The molecule has 7 heterocycles. The van der Waals surface area contributed by atoms with E-state index in [0.717, 1.165) is 42.4 Å². The van der Waals surface area contributed by atoms with Crippen LogP contribution in [0.2, 0.25) is 0 Å². The Morgan fingerprint density at radius 3 is 2.51 bits per heavy atom. The normalized spacial score (nSPS) is 30.1. The van der Waals surface area contributed by atoms with Gasteiger partial charge in [0.2, 0.25) is 5.95 Å². The van der Waals surface area contributed by atoms with Crippen molar-refractivity contribution < 1.29 is 14.3 Å². The zero-order valence-corrected chi connectivity index (χ0v) is 26.9. The minimum absolute atomic E-state index is 0.0443. The molecular weight excluding hydrogens is 568 g/mol. The number of pyridine rings is 1. The highest BCUT2D eigenvalue weighted by Crippen LogP contribution is 2.53. The zero-order chi connectivity index (χ0) is 31.2. The number of nitrogens with one attached hydrogen (secondary N) is 1. The maximum absolute atomic E-state index is 12.6. The van der Waals surface area contributed by atoms with Gasteiger partial charge in [0.05, 0.1) is 24.3 Å². The number of likely N-dealkylation sites (tertiary alicyclic amines) is 1. The molecule has 5 atom stereocenters. The van der Waals surface area contributed by atoms with Crippen LogP contribution in [0.25, 0.3) is 0 Å². The van der Waals surface area contributed by atoms with Gasteiger partial charge < -0.3 is 24.6 Å². The average molecular weight is 611 g/mol. The fourth-order valence-electron chi connectivity index (χ4n) is 8.12. The lowest BCUT2D eigenvalue weighted by Crippen LogP contribution is -2.54. The van der Waals surface area contributed by atoms with E-state index in [0.29, 0.717) is 37.1 Å². The summed E-state index contributed by atoms with van der Waals surface area (Å²) in [7, 11) is 2.24. The third-order valence-electron chi connectivity index (χ3n) is 10.7. The number of anilines is 6. The van der Waals surface area contributed by atoms with Crippen molar-refractivity contribution >= 4 is 40.9 Å². The van der Waals surface area contributed by atoms with Gasteiger partial charge in [-0.05, 0) is 83.5 Å². The Hall–Kier alpha value is -3.96. The summed E-state index contributed by atoms with van der Waals surface area (Å²) in [5, 5.41) is 3.49. The van der Waals surface area contributed by atoms with Gasteiger partial charge in [-0.1, -0.05) is 13.0 Å². The van der Waals surface area contributed by atoms with E-state index in [1.807, 2.05) is 31.3 Å². The number of rotatable bonds is 5. The van der Waals surface area contributed by atoms with E-state index < -0.39 is 0 Å². The van der Waals surface area contributed by atoms with Gasteiger partial charge in [-0.25, -0.2) is 14.8 Å². The van der Waals surface area contributed by atoms with Gasteiger partial charge in [-0.15, -0.1) is 0 Å². The third kappa shape index (κ3) is 4.53. The molecule has 2 bridgehead atoms. The number of cyclic esters (lactones) is 1. The predicted octanol–water partition coefficient (Wildman–Crippen LogP) is 5.14. The first-order valence-electron chi connectivity index (χ1n) is 16.1.